The van der Waals surface area contributed by atoms with Crippen LogP contribution in [0, 0.1) is 0 Å². The van der Waals surface area contributed by atoms with E-state index in [1.165, 1.54) is 0 Å². The Morgan fingerprint density at radius 3 is 2.85 bits per heavy atom. The molecule has 2 rings (SSSR count). The van der Waals surface area contributed by atoms with Gasteiger partial charge < -0.3 is 14.7 Å². The van der Waals surface area contributed by atoms with Gasteiger partial charge in [-0.2, -0.15) is 0 Å². The third-order valence-electron chi connectivity index (χ3n) is 3.13. The van der Waals surface area contributed by atoms with E-state index in [0.29, 0.717) is 6.54 Å². The highest BCUT2D eigenvalue weighted by atomic mass is 79.9. The van der Waals surface area contributed by atoms with Gasteiger partial charge in [-0.15, -0.1) is 0 Å². The van der Waals surface area contributed by atoms with Gasteiger partial charge in [0.05, 0.1) is 19.1 Å². The molecule has 0 radical (unpaired) electrons. The van der Waals surface area contributed by atoms with E-state index in [9.17, 15) is 9.59 Å². The van der Waals surface area contributed by atoms with Gasteiger partial charge in [0.25, 0.3) is 0 Å². The predicted octanol–water partition coefficient (Wildman–Crippen LogP) is 1.69. The first kappa shape index (κ1) is 15.0. The zero-order chi connectivity index (χ0) is 14.7. The molecule has 1 aliphatic rings. The van der Waals surface area contributed by atoms with Crippen LogP contribution in [0.3, 0.4) is 0 Å². The molecule has 1 amide bonds. The van der Waals surface area contributed by atoms with Crippen molar-refractivity contribution in [2.45, 2.75) is 25.6 Å². The molecule has 6 heteroatoms. The van der Waals surface area contributed by atoms with E-state index in [1.54, 1.807) is 11.8 Å². The van der Waals surface area contributed by atoms with Crippen LogP contribution in [-0.2, 0) is 20.7 Å². The van der Waals surface area contributed by atoms with Gasteiger partial charge in [-0.05, 0) is 24.6 Å². The van der Waals surface area contributed by atoms with Gasteiger partial charge in [-0.25, -0.2) is 4.79 Å². The second-order valence-corrected chi connectivity index (χ2v) is 5.79. The van der Waals surface area contributed by atoms with Crippen LogP contribution in [0.2, 0.25) is 0 Å². The number of carbonyl (C=O) groups is 2. The van der Waals surface area contributed by atoms with Crippen molar-refractivity contribution < 1.29 is 19.4 Å². The lowest BCUT2D eigenvalue weighted by Gasteiger charge is -2.35. The van der Waals surface area contributed by atoms with Gasteiger partial charge in [0.2, 0.25) is 5.91 Å². The van der Waals surface area contributed by atoms with E-state index in [0.717, 1.165) is 10.0 Å². The molecule has 0 saturated carbocycles. The van der Waals surface area contributed by atoms with Crippen molar-refractivity contribution in [1.29, 1.82) is 0 Å². The maximum absolute atomic E-state index is 12.3. The number of halogens is 1. The average Bonchev–Trinajstić information content (AvgIpc) is 2.37. The Labute approximate surface area is 125 Å². The quantitative estimate of drug-likeness (QED) is 0.908. The first-order chi connectivity index (χ1) is 9.45. The predicted molar refractivity (Wildman–Crippen MR) is 76.4 cm³/mol. The molecule has 1 aromatic rings. The minimum atomic E-state index is -1.03. The highest BCUT2D eigenvalue weighted by Crippen LogP contribution is 2.16. The van der Waals surface area contributed by atoms with Gasteiger partial charge in [0, 0.05) is 11.0 Å². The van der Waals surface area contributed by atoms with E-state index < -0.39 is 12.1 Å². The van der Waals surface area contributed by atoms with Crippen molar-refractivity contribution in [1.82, 2.24) is 4.90 Å². The third-order valence-corrected chi connectivity index (χ3v) is 3.63. The molecule has 1 N–H and O–H groups in total. The second kappa shape index (κ2) is 6.37. The van der Waals surface area contributed by atoms with E-state index in [2.05, 4.69) is 15.9 Å². The molecule has 1 saturated heterocycles. The number of morpholine rings is 1. The molecule has 20 heavy (non-hydrogen) atoms. The number of hydrogen-bond donors (Lipinski definition) is 1. The second-order valence-electron chi connectivity index (χ2n) is 4.88. The smallest absolute Gasteiger partial charge is 0.334 e. The zero-order valence-corrected chi connectivity index (χ0v) is 12.7. The maximum Gasteiger partial charge on any atom is 0.334 e. The molecule has 1 heterocycles. The number of hydrogen-bond acceptors (Lipinski definition) is 3. The number of nitrogens with zero attached hydrogens (tertiary/aromatic N) is 1. The van der Waals surface area contributed by atoms with Crippen LogP contribution < -0.4 is 0 Å². The Morgan fingerprint density at radius 2 is 2.20 bits per heavy atom. The van der Waals surface area contributed by atoms with Crippen molar-refractivity contribution in [2.75, 3.05) is 13.1 Å². The van der Waals surface area contributed by atoms with Crippen LogP contribution in [0.1, 0.15) is 12.5 Å². The molecule has 0 aromatic heterocycles. The standard InChI is InChI=1S/C14H16BrNO4/c1-9-7-16(8-12(20-9)14(18)19)13(17)6-10-3-2-4-11(15)5-10/h2-5,9,12H,6-8H2,1H3,(H,18,19)/t9-,12?/m1/s1. The Bertz CT molecular complexity index is 520. The Morgan fingerprint density at radius 1 is 1.45 bits per heavy atom. The fourth-order valence-corrected chi connectivity index (χ4v) is 2.67. The zero-order valence-electron chi connectivity index (χ0n) is 11.1. The van der Waals surface area contributed by atoms with Crippen LogP contribution >= 0.6 is 15.9 Å². The van der Waals surface area contributed by atoms with Crippen molar-refractivity contribution in [3.63, 3.8) is 0 Å². The molecular formula is C14H16BrNO4. The van der Waals surface area contributed by atoms with Crippen molar-refractivity contribution >= 4 is 27.8 Å². The average molecular weight is 342 g/mol. The molecule has 0 bridgehead atoms. The number of ether oxygens (including phenoxy) is 1. The van der Waals surface area contributed by atoms with Gasteiger partial charge in [0.1, 0.15) is 0 Å². The Kier molecular flexibility index (Phi) is 4.77. The molecule has 1 aliphatic heterocycles. The lowest BCUT2D eigenvalue weighted by molar-refractivity contribution is -0.166. The van der Waals surface area contributed by atoms with Crippen molar-refractivity contribution in [3.05, 3.63) is 34.3 Å². The molecule has 1 fully saturated rings. The number of carboxylic acids is 1. The Balaban J connectivity index is 2.03. The number of carbonyl (C=O) groups excluding carboxylic acids is 1. The fourth-order valence-electron chi connectivity index (χ4n) is 2.22. The molecule has 0 spiro atoms. The molecule has 0 aliphatic carbocycles. The third kappa shape index (κ3) is 3.80. The first-order valence-corrected chi connectivity index (χ1v) is 7.15. The van der Waals surface area contributed by atoms with Gasteiger partial charge >= 0.3 is 5.97 Å². The first-order valence-electron chi connectivity index (χ1n) is 6.36. The maximum atomic E-state index is 12.3. The van der Waals surface area contributed by atoms with Gasteiger partial charge in [0.15, 0.2) is 6.10 Å². The lowest BCUT2D eigenvalue weighted by atomic mass is 10.1. The Hall–Kier alpha value is -1.40. The molecule has 1 aromatic carbocycles. The summed E-state index contributed by atoms with van der Waals surface area (Å²) in [7, 11) is 0. The summed E-state index contributed by atoms with van der Waals surface area (Å²) in [5.74, 6) is -1.11. The number of carboxylic acid groups (broad SMARTS) is 1. The molecule has 5 nitrogen and oxygen atoms in total. The summed E-state index contributed by atoms with van der Waals surface area (Å²) in [5.41, 5.74) is 0.899. The van der Waals surface area contributed by atoms with Crippen LogP contribution in [0.4, 0.5) is 0 Å². The van der Waals surface area contributed by atoms with Gasteiger partial charge in [-0.3, -0.25) is 4.79 Å². The highest BCUT2D eigenvalue weighted by Gasteiger charge is 2.32. The van der Waals surface area contributed by atoms with E-state index in [4.69, 9.17) is 9.84 Å². The fraction of sp³-hybridized carbons (Fsp3) is 0.429. The van der Waals surface area contributed by atoms with E-state index in [-0.39, 0.29) is 25.0 Å². The normalized spacial score (nSPS) is 22.6. The van der Waals surface area contributed by atoms with Crippen molar-refractivity contribution in [2.24, 2.45) is 0 Å². The lowest BCUT2D eigenvalue weighted by Crippen LogP contribution is -2.52. The topological polar surface area (TPSA) is 66.8 Å². The van der Waals surface area contributed by atoms with Crippen LogP contribution in [0.25, 0.3) is 0 Å². The SMILES string of the molecule is C[C@@H]1CN(C(=O)Cc2cccc(Br)c2)CC(C(=O)O)O1. The number of rotatable bonds is 3. The number of benzene rings is 1. The molecule has 1 unspecified atom stereocenters. The molecule has 108 valence electrons. The van der Waals surface area contributed by atoms with Crippen molar-refractivity contribution in [3.8, 4) is 0 Å². The summed E-state index contributed by atoms with van der Waals surface area (Å²) in [5, 5.41) is 9.01. The number of amides is 1. The van der Waals surface area contributed by atoms with E-state index >= 15 is 0 Å². The van der Waals surface area contributed by atoms with Gasteiger partial charge in [-0.1, -0.05) is 28.1 Å². The largest absolute Gasteiger partial charge is 0.479 e. The summed E-state index contributed by atoms with van der Waals surface area (Å²) in [6.45, 7) is 2.30. The minimum absolute atomic E-state index is 0.0792. The summed E-state index contributed by atoms with van der Waals surface area (Å²) in [6, 6.07) is 7.53. The highest BCUT2D eigenvalue weighted by molar-refractivity contribution is 9.10. The summed E-state index contributed by atoms with van der Waals surface area (Å²) in [4.78, 5) is 24.8. The minimum Gasteiger partial charge on any atom is -0.479 e. The number of aliphatic carboxylic acids is 1. The van der Waals surface area contributed by atoms with Crippen LogP contribution in [0.5, 0.6) is 0 Å². The summed E-state index contributed by atoms with van der Waals surface area (Å²) >= 11 is 3.36. The van der Waals surface area contributed by atoms with E-state index in [1.807, 2.05) is 24.3 Å². The monoisotopic (exact) mass is 341 g/mol. The molecular weight excluding hydrogens is 326 g/mol. The van der Waals surface area contributed by atoms with Crippen LogP contribution in [0.15, 0.2) is 28.7 Å². The summed E-state index contributed by atoms with van der Waals surface area (Å²) < 4.78 is 6.21. The van der Waals surface area contributed by atoms with Crippen LogP contribution in [-0.4, -0.2) is 47.2 Å². The summed E-state index contributed by atoms with van der Waals surface area (Å²) in [6.07, 6.45) is -0.945. The molecule has 2 atom stereocenters.